The van der Waals surface area contributed by atoms with E-state index in [1.165, 1.54) is 18.1 Å². The van der Waals surface area contributed by atoms with Crippen molar-refractivity contribution >= 4 is 33.5 Å². The molecule has 0 aliphatic rings. The van der Waals surface area contributed by atoms with Gasteiger partial charge in [0.25, 0.3) is 0 Å². The maximum Gasteiger partial charge on any atom is 0.171 e. The molecule has 18 heavy (non-hydrogen) atoms. The van der Waals surface area contributed by atoms with Crippen molar-refractivity contribution in [2.75, 3.05) is 0 Å². The van der Waals surface area contributed by atoms with Crippen LogP contribution in [0.25, 0.3) is 0 Å². The summed E-state index contributed by atoms with van der Waals surface area (Å²) >= 11 is 4.77. The summed E-state index contributed by atoms with van der Waals surface area (Å²) in [5, 5.41) is 12.6. The second kappa shape index (κ2) is 5.83. The quantitative estimate of drug-likeness (QED) is 0.298. The zero-order valence-corrected chi connectivity index (χ0v) is 11.5. The smallest absolute Gasteiger partial charge is 0.171 e. The number of benzene rings is 1. The lowest BCUT2D eigenvalue weighted by Crippen LogP contribution is -2.14. The fraction of sp³-hybridized carbons (Fsp3) is 0. The third kappa shape index (κ3) is 2.99. The lowest BCUT2D eigenvalue weighted by atomic mass is 10.2. The van der Waals surface area contributed by atoms with Gasteiger partial charge < -0.3 is 10.9 Å². The molecule has 0 saturated carbocycles. The molecule has 0 saturated heterocycles. The SMILES string of the molecule is N/C(=N/O)c1cc(Br)ccc1Sc1ccncn1. The predicted octanol–water partition coefficient (Wildman–Crippen LogP) is 2.48. The van der Waals surface area contributed by atoms with Gasteiger partial charge in [0.05, 0.1) is 0 Å². The average Bonchev–Trinajstić information content (AvgIpc) is 2.41. The van der Waals surface area contributed by atoms with Gasteiger partial charge in [-0.15, -0.1) is 0 Å². The molecule has 0 bridgehead atoms. The largest absolute Gasteiger partial charge is 0.409 e. The fourth-order valence-corrected chi connectivity index (χ4v) is 2.52. The molecule has 2 rings (SSSR count). The van der Waals surface area contributed by atoms with E-state index in [2.05, 4.69) is 31.1 Å². The van der Waals surface area contributed by atoms with E-state index in [0.717, 1.165) is 14.4 Å². The molecule has 0 atom stereocenters. The summed E-state index contributed by atoms with van der Waals surface area (Å²) in [6, 6.07) is 7.35. The minimum absolute atomic E-state index is 0.0628. The van der Waals surface area contributed by atoms with Gasteiger partial charge in [-0.1, -0.05) is 32.8 Å². The Hall–Kier alpha value is -1.60. The molecule has 0 aliphatic heterocycles. The lowest BCUT2D eigenvalue weighted by Gasteiger charge is -2.07. The number of amidine groups is 1. The first-order chi connectivity index (χ1) is 8.70. The zero-order chi connectivity index (χ0) is 13.0. The Morgan fingerprint density at radius 2 is 2.22 bits per heavy atom. The highest BCUT2D eigenvalue weighted by Gasteiger charge is 2.10. The van der Waals surface area contributed by atoms with Crippen molar-refractivity contribution in [1.82, 2.24) is 9.97 Å². The number of hydrogen-bond donors (Lipinski definition) is 2. The van der Waals surface area contributed by atoms with Crippen LogP contribution >= 0.6 is 27.7 Å². The molecular weight excluding hydrogens is 316 g/mol. The Labute approximate surface area is 116 Å². The van der Waals surface area contributed by atoms with Gasteiger partial charge in [-0.05, 0) is 24.3 Å². The van der Waals surface area contributed by atoms with Crippen LogP contribution in [0.5, 0.6) is 0 Å². The number of halogens is 1. The monoisotopic (exact) mass is 324 g/mol. The minimum atomic E-state index is 0.0628. The molecule has 2 aromatic rings. The van der Waals surface area contributed by atoms with Crippen LogP contribution < -0.4 is 5.73 Å². The third-order valence-electron chi connectivity index (χ3n) is 2.09. The molecule has 92 valence electrons. The molecule has 7 heteroatoms. The lowest BCUT2D eigenvalue weighted by molar-refractivity contribution is 0.318. The molecule has 0 aliphatic carbocycles. The third-order valence-corrected chi connectivity index (χ3v) is 3.61. The molecule has 1 aromatic heterocycles. The van der Waals surface area contributed by atoms with E-state index in [1.54, 1.807) is 18.3 Å². The van der Waals surface area contributed by atoms with E-state index in [-0.39, 0.29) is 5.84 Å². The molecule has 0 unspecified atom stereocenters. The Balaban J connectivity index is 2.39. The standard InChI is InChI=1S/C11H9BrN4OS/c12-7-1-2-9(8(5-7)11(13)16-17)18-10-3-4-14-6-15-10/h1-6,17H,(H2,13,16). The first-order valence-corrected chi connectivity index (χ1v) is 6.53. The molecule has 0 amide bonds. The number of aromatic nitrogens is 2. The van der Waals surface area contributed by atoms with Gasteiger partial charge in [-0.3, -0.25) is 0 Å². The molecule has 1 aromatic carbocycles. The highest BCUT2D eigenvalue weighted by atomic mass is 79.9. The van der Waals surface area contributed by atoms with Crippen molar-refractivity contribution in [3.63, 3.8) is 0 Å². The Bertz CT molecular complexity index is 577. The maximum atomic E-state index is 8.78. The normalized spacial score (nSPS) is 11.5. The Morgan fingerprint density at radius 1 is 1.39 bits per heavy atom. The summed E-state index contributed by atoms with van der Waals surface area (Å²) in [4.78, 5) is 8.83. The second-order valence-electron chi connectivity index (χ2n) is 3.28. The van der Waals surface area contributed by atoms with E-state index in [9.17, 15) is 0 Å². The second-order valence-corrected chi connectivity index (χ2v) is 5.25. The molecule has 0 radical (unpaired) electrons. The van der Waals surface area contributed by atoms with Crippen LogP contribution in [0.1, 0.15) is 5.56 Å². The molecule has 0 fully saturated rings. The number of hydrogen-bond acceptors (Lipinski definition) is 5. The van der Waals surface area contributed by atoms with Crippen LogP contribution in [-0.4, -0.2) is 21.0 Å². The van der Waals surface area contributed by atoms with Crippen molar-refractivity contribution in [3.05, 3.63) is 46.8 Å². The minimum Gasteiger partial charge on any atom is -0.409 e. The molecular formula is C11H9BrN4OS. The summed E-state index contributed by atoms with van der Waals surface area (Å²) in [6.07, 6.45) is 3.14. The van der Waals surface area contributed by atoms with Gasteiger partial charge in [0, 0.05) is 21.1 Å². The number of oxime groups is 1. The predicted molar refractivity (Wildman–Crippen MR) is 72.8 cm³/mol. The molecule has 1 heterocycles. The average molecular weight is 325 g/mol. The summed E-state index contributed by atoms with van der Waals surface area (Å²) < 4.78 is 0.858. The summed E-state index contributed by atoms with van der Waals surface area (Å²) in [7, 11) is 0. The summed E-state index contributed by atoms with van der Waals surface area (Å²) in [5.74, 6) is 0.0628. The molecule has 0 spiro atoms. The molecule has 3 N–H and O–H groups in total. The van der Waals surface area contributed by atoms with Crippen LogP contribution in [0, 0.1) is 0 Å². The summed E-state index contributed by atoms with van der Waals surface area (Å²) in [6.45, 7) is 0. The van der Waals surface area contributed by atoms with Crippen LogP contribution in [0.4, 0.5) is 0 Å². The van der Waals surface area contributed by atoms with Crippen LogP contribution in [-0.2, 0) is 0 Å². The van der Waals surface area contributed by atoms with Crippen molar-refractivity contribution < 1.29 is 5.21 Å². The van der Waals surface area contributed by atoms with E-state index < -0.39 is 0 Å². The van der Waals surface area contributed by atoms with Crippen LogP contribution in [0.3, 0.4) is 0 Å². The van der Waals surface area contributed by atoms with Gasteiger partial charge in [0.2, 0.25) is 0 Å². The highest BCUT2D eigenvalue weighted by Crippen LogP contribution is 2.30. The first-order valence-electron chi connectivity index (χ1n) is 4.92. The van der Waals surface area contributed by atoms with Gasteiger partial charge in [-0.25, -0.2) is 9.97 Å². The number of nitrogens with two attached hydrogens (primary N) is 1. The first kappa shape index (κ1) is 12.8. The zero-order valence-electron chi connectivity index (χ0n) is 9.12. The highest BCUT2D eigenvalue weighted by molar-refractivity contribution is 9.10. The maximum absolute atomic E-state index is 8.78. The Kier molecular flexibility index (Phi) is 4.16. The number of rotatable bonds is 3. The van der Waals surface area contributed by atoms with Crippen molar-refractivity contribution in [2.24, 2.45) is 10.9 Å². The van der Waals surface area contributed by atoms with Gasteiger partial charge >= 0.3 is 0 Å². The van der Waals surface area contributed by atoms with E-state index in [0.29, 0.717) is 5.56 Å². The van der Waals surface area contributed by atoms with Gasteiger partial charge in [-0.2, -0.15) is 0 Å². The van der Waals surface area contributed by atoms with Crippen LogP contribution in [0.15, 0.2) is 56.3 Å². The van der Waals surface area contributed by atoms with Crippen molar-refractivity contribution in [2.45, 2.75) is 9.92 Å². The topological polar surface area (TPSA) is 84.4 Å². The fourth-order valence-electron chi connectivity index (χ4n) is 1.30. The summed E-state index contributed by atoms with van der Waals surface area (Å²) in [5.41, 5.74) is 6.30. The van der Waals surface area contributed by atoms with Gasteiger partial charge in [0.1, 0.15) is 11.4 Å². The Morgan fingerprint density at radius 3 is 2.89 bits per heavy atom. The van der Waals surface area contributed by atoms with Crippen LogP contribution in [0.2, 0.25) is 0 Å². The van der Waals surface area contributed by atoms with Crippen molar-refractivity contribution in [1.29, 1.82) is 0 Å². The van der Waals surface area contributed by atoms with Crippen molar-refractivity contribution in [3.8, 4) is 0 Å². The van der Waals surface area contributed by atoms with Gasteiger partial charge in [0.15, 0.2) is 5.84 Å². The van der Waals surface area contributed by atoms with E-state index >= 15 is 0 Å². The van der Waals surface area contributed by atoms with E-state index in [4.69, 9.17) is 10.9 Å². The number of nitrogens with zero attached hydrogens (tertiary/aromatic N) is 3. The van der Waals surface area contributed by atoms with E-state index in [1.807, 2.05) is 12.1 Å². The molecule has 5 nitrogen and oxygen atoms in total.